The van der Waals surface area contributed by atoms with Gasteiger partial charge in [0.2, 0.25) is 0 Å². The number of thioether (sulfide) groups is 1. The second kappa shape index (κ2) is 7.36. The largest absolute Gasteiger partial charge is 0.481 e. The van der Waals surface area contributed by atoms with Crippen LogP contribution in [0.1, 0.15) is 38.8 Å². The van der Waals surface area contributed by atoms with Gasteiger partial charge >= 0.3 is 12.1 Å². The Labute approximate surface area is 129 Å². The molecule has 6 heteroatoms. The number of amides is 1. The molecule has 1 aromatic rings. The molecule has 0 heterocycles. The van der Waals surface area contributed by atoms with Crippen LogP contribution in [0.2, 0.25) is 0 Å². The highest BCUT2D eigenvalue weighted by atomic mass is 32.2. The zero-order chi connectivity index (χ0) is 16.0. The maximum atomic E-state index is 11.8. The summed E-state index contributed by atoms with van der Waals surface area (Å²) >= 11 is 1.60. The lowest BCUT2D eigenvalue weighted by molar-refractivity contribution is -0.137. The first kappa shape index (κ1) is 17.4. The van der Waals surface area contributed by atoms with Crippen LogP contribution < -0.4 is 5.32 Å². The van der Waals surface area contributed by atoms with Crippen LogP contribution in [0.25, 0.3) is 0 Å². The summed E-state index contributed by atoms with van der Waals surface area (Å²) in [6, 6.07) is 6.80. The summed E-state index contributed by atoms with van der Waals surface area (Å²) < 4.78 is 5.17. The van der Waals surface area contributed by atoms with Crippen molar-refractivity contribution in [3.63, 3.8) is 0 Å². The molecular weight excluding hydrogens is 290 g/mol. The van der Waals surface area contributed by atoms with Crippen LogP contribution in [0.5, 0.6) is 0 Å². The fourth-order valence-electron chi connectivity index (χ4n) is 1.71. The average molecular weight is 311 g/mol. The van der Waals surface area contributed by atoms with Crippen molar-refractivity contribution in [2.45, 2.75) is 43.7 Å². The van der Waals surface area contributed by atoms with Gasteiger partial charge in [0.25, 0.3) is 0 Å². The monoisotopic (exact) mass is 311 g/mol. The lowest BCUT2D eigenvalue weighted by Crippen LogP contribution is -2.35. The van der Waals surface area contributed by atoms with E-state index in [4.69, 9.17) is 9.84 Å². The number of benzene rings is 1. The highest BCUT2D eigenvalue weighted by Crippen LogP contribution is 2.22. The summed E-state index contributed by atoms with van der Waals surface area (Å²) in [5.41, 5.74) is 0.113. The Morgan fingerprint density at radius 2 is 1.86 bits per heavy atom. The van der Waals surface area contributed by atoms with Gasteiger partial charge < -0.3 is 15.2 Å². The third-order valence-electron chi connectivity index (χ3n) is 2.59. The highest BCUT2D eigenvalue weighted by molar-refractivity contribution is 7.98. The fraction of sp³-hybridized carbons (Fsp3) is 0.467. The maximum Gasteiger partial charge on any atom is 0.408 e. The number of carbonyl (C=O) groups excluding carboxylic acids is 1. The van der Waals surface area contributed by atoms with Crippen LogP contribution >= 0.6 is 11.8 Å². The number of carboxylic acid groups (broad SMARTS) is 1. The number of ether oxygens (including phenoxy) is 1. The minimum atomic E-state index is -0.981. The Balaban J connectivity index is 2.84. The van der Waals surface area contributed by atoms with Gasteiger partial charge in [0, 0.05) is 4.90 Å². The van der Waals surface area contributed by atoms with Crippen molar-refractivity contribution in [3.8, 4) is 0 Å². The van der Waals surface area contributed by atoms with Gasteiger partial charge in [0.1, 0.15) is 5.60 Å². The summed E-state index contributed by atoms with van der Waals surface area (Å²) in [6.07, 6.45) is 1.14. The molecule has 1 rings (SSSR count). The van der Waals surface area contributed by atoms with Crippen molar-refractivity contribution in [2.75, 3.05) is 6.26 Å². The third-order valence-corrected chi connectivity index (χ3v) is 3.33. The van der Waals surface area contributed by atoms with E-state index in [-0.39, 0.29) is 6.42 Å². The maximum absolute atomic E-state index is 11.8. The molecule has 116 valence electrons. The van der Waals surface area contributed by atoms with Crippen LogP contribution in [0.4, 0.5) is 4.79 Å². The molecular formula is C15H21NO4S. The second-order valence-corrected chi connectivity index (χ2v) is 6.45. The lowest BCUT2D eigenvalue weighted by atomic mass is 10.0. The SMILES string of the molecule is CSc1ccc([C@@H](CC(=O)O)NC(=O)OC(C)(C)C)cc1. The molecule has 5 nitrogen and oxygen atoms in total. The molecule has 1 aromatic carbocycles. The molecule has 0 fully saturated rings. The van der Waals surface area contributed by atoms with Crippen LogP contribution in [0.15, 0.2) is 29.2 Å². The van der Waals surface area contributed by atoms with Crippen LogP contribution in [-0.4, -0.2) is 29.0 Å². The molecule has 0 unspecified atom stereocenters. The Kier molecular flexibility index (Phi) is 6.08. The normalized spacial score (nSPS) is 12.6. The predicted molar refractivity (Wildman–Crippen MR) is 82.6 cm³/mol. The molecule has 1 atom stereocenters. The van der Waals surface area contributed by atoms with Gasteiger partial charge in [-0.05, 0) is 44.7 Å². The van der Waals surface area contributed by atoms with E-state index in [1.54, 1.807) is 32.5 Å². The van der Waals surface area contributed by atoms with E-state index >= 15 is 0 Å². The summed E-state index contributed by atoms with van der Waals surface area (Å²) in [5.74, 6) is -0.981. The van der Waals surface area contributed by atoms with Gasteiger partial charge in [0.05, 0.1) is 12.5 Å². The molecule has 2 N–H and O–H groups in total. The topological polar surface area (TPSA) is 75.6 Å². The fourth-order valence-corrected chi connectivity index (χ4v) is 2.12. The zero-order valence-electron chi connectivity index (χ0n) is 12.7. The molecule has 0 aliphatic carbocycles. The minimum absolute atomic E-state index is 0.197. The van der Waals surface area contributed by atoms with Gasteiger partial charge in [-0.15, -0.1) is 11.8 Å². The smallest absolute Gasteiger partial charge is 0.408 e. The van der Waals surface area contributed by atoms with Gasteiger partial charge in [-0.3, -0.25) is 4.79 Å². The standard InChI is InChI=1S/C15H21NO4S/c1-15(2,3)20-14(19)16-12(9-13(17)18)10-5-7-11(21-4)8-6-10/h5-8,12H,9H2,1-4H3,(H,16,19)(H,17,18)/t12-/m1/s1. The van der Waals surface area contributed by atoms with Crippen LogP contribution in [-0.2, 0) is 9.53 Å². The molecule has 0 bridgehead atoms. The Morgan fingerprint density at radius 3 is 2.29 bits per heavy atom. The Bertz CT molecular complexity index is 493. The first-order valence-corrected chi connectivity index (χ1v) is 7.79. The predicted octanol–water partition coefficient (Wildman–Crippen LogP) is 3.45. The molecule has 0 aliphatic rings. The summed E-state index contributed by atoms with van der Waals surface area (Å²) in [6.45, 7) is 5.27. The number of carboxylic acids is 1. The zero-order valence-corrected chi connectivity index (χ0v) is 13.5. The van der Waals surface area contributed by atoms with E-state index in [2.05, 4.69) is 5.32 Å². The molecule has 0 radical (unpaired) electrons. The summed E-state index contributed by atoms with van der Waals surface area (Å²) in [4.78, 5) is 23.9. The minimum Gasteiger partial charge on any atom is -0.481 e. The number of carbonyl (C=O) groups is 2. The lowest BCUT2D eigenvalue weighted by Gasteiger charge is -2.23. The van der Waals surface area contributed by atoms with Crippen molar-refractivity contribution < 1.29 is 19.4 Å². The van der Waals surface area contributed by atoms with Crippen molar-refractivity contribution in [1.29, 1.82) is 0 Å². The molecule has 0 saturated carbocycles. The van der Waals surface area contributed by atoms with Gasteiger partial charge in [-0.25, -0.2) is 4.79 Å². The van der Waals surface area contributed by atoms with Crippen molar-refractivity contribution >= 4 is 23.8 Å². The summed E-state index contributed by atoms with van der Waals surface area (Å²) in [5, 5.41) is 11.6. The number of aliphatic carboxylic acids is 1. The third kappa shape index (κ3) is 6.53. The quantitative estimate of drug-likeness (QED) is 0.815. The molecule has 0 spiro atoms. The summed E-state index contributed by atoms with van der Waals surface area (Å²) in [7, 11) is 0. The Hall–Kier alpha value is -1.69. The van der Waals surface area contributed by atoms with Gasteiger partial charge in [-0.2, -0.15) is 0 Å². The number of hydrogen-bond donors (Lipinski definition) is 2. The van der Waals surface area contributed by atoms with Gasteiger partial charge in [0.15, 0.2) is 0 Å². The molecule has 21 heavy (non-hydrogen) atoms. The van der Waals surface area contributed by atoms with Crippen LogP contribution in [0, 0.1) is 0 Å². The molecule has 0 aliphatic heterocycles. The van der Waals surface area contributed by atoms with E-state index in [9.17, 15) is 9.59 Å². The molecule has 0 saturated heterocycles. The van der Waals surface area contributed by atoms with Gasteiger partial charge in [-0.1, -0.05) is 12.1 Å². The van der Waals surface area contributed by atoms with E-state index < -0.39 is 23.7 Å². The average Bonchev–Trinajstić information content (AvgIpc) is 2.35. The van der Waals surface area contributed by atoms with Crippen molar-refractivity contribution in [1.82, 2.24) is 5.32 Å². The number of rotatable bonds is 5. The first-order valence-electron chi connectivity index (χ1n) is 6.56. The highest BCUT2D eigenvalue weighted by Gasteiger charge is 2.22. The molecule has 1 amide bonds. The van der Waals surface area contributed by atoms with E-state index in [1.807, 2.05) is 30.5 Å². The number of nitrogens with one attached hydrogen (secondary N) is 1. The van der Waals surface area contributed by atoms with E-state index in [0.29, 0.717) is 0 Å². The first-order chi connectivity index (χ1) is 9.71. The van der Waals surface area contributed by atoms with E-state index in [1.165, 1.54) is 0 Å². The number of alkyl carbamates (subject to hydrolysis) is 1. The Morgan fingerprint density at radius 1 is 1.29 bits per heavy atom. The van der Waals surface area contributed by atoms with E-state index in [0.717, 1.165) is 10.5 Å². The van der Waals surface area contributed by atoms with Crippen molar-refractivity contribution in [3.05, 3.63) is 29.8 Å². The molecule has 0 aromatic heterocycles. The number of hydrogen-bond acceptors (Lipinski definition) is 4. The van der Waals surface area contributed by atoms with Crippen LogP contribution in [0.3, 0.4) is 0 Å². The second-order valence-electron chi connectivity index (χ2n) is 5.57. The van der Waals surface area contributed by atoms with Crippen molar-refractivity contribution in [2.24, 2.45) is 0 Å².